The molecule has 94 valence electrons. The molecule has 0 aliphatic carbocycles. The summed E-state index contributed by atoms with van der Waals surface area (Å²) in [4.78, 5) is 11.9. The van der Waals surface area contributed by atoms with Gasteiger partial charge in [-0.1, -0.05) is 8.93 Å². The molecule has 0 aliphatic heterocycles. The van der Waals surface area contributed by atoms with Gasteiger partial charge in [0.25, 0.3) is 0 Å². The Morgan fingerprint density at radius 1 is 1.29 bits per heavy atom. The second-order valence-electron chi connectivity index (χ2n) is 3.87. The number of benzene rings is 1. The zero-order valence-electron chi connectivity index (χ0n) is 9.18. The van der Waals surface area contributed by atoms with Crippen LogP contribution in [0.5, 0.6) is 0 Å². The maximum absolute atomic E-state index is 12.1. The van der Waals surface area contributed by atoms with Gasteiger partial charge in [0.15, 0.2) is 14.6 Å². The third-order valence-electron chi connectivity index (χ3n) is 2.41. The summed E-state index contributed by atoms with van der Waals surface area (Å²) in [6.45, 7) is 2.37. The van der Waals surface area contributed by atoms with Crippen molar-refractivity contribution in [2.24, 2.45) is 0 Å². The van der Waals surface area contributed by atoms with Crippen LogP contribution in [0.15, 0.2) is 34.1 Å². The smallest absolute Gasteiger partial charge is 0.324 e. The van der Waals surface area contributed by atoms with Crippen LogP contribution < -0.4 is 0 Å². The fourth-order valence-electron chi connectivity index (χ4n) is 1.08. The van der Waals surface area contributed by atoms with E-state index >= 15 is 0 Å². The molecule has 0 unspecified atom stereocenters. The number of aliphatic carboxylic acids is 1. The van der Waals surface area contributed by atoms with Crippen LogP contribution in [0.4, 0.5) is 0 Å². The molecule has 0 radical (unpaired) electrons. The van der Waals surface area contributed by atoms with Crippen molar-refractivity contribution in [1.29, 1.82) is 0 Å². The zero-order chi connectivity index (χ0) is 13.3. The quantitative estimate of drug-likeness (QED) is 0.806. The number of halogens is 1. The lowest BCUT2D eigenvalue weighted by atomic mass is 10.2. The van der Waals surface area contributed by atoms with Gasteiger partial charge in [-0.2, -0.15) is 0 Å². The first-order valence-electron chi connectivity index (χ1n) is 4.60. The lowest BCUT2D eigenvalue weighted by Crippen LogP contribution is -2.40. The van der Waals surface area contributed by atoms with Gasteiger partial charge < -0.3 is 5.11 Å². The molecular formula is C10H11IO4S2. The summed E-state index contributed by atoms with van der Waals surface area (Å²) in [6, 6.07) is 6.17. The average molecular weight is 386 g/mol. The molecule has 0 heterocycles. The number of hydrogen-bond donors (Lipinski definition) is 1. The van der Waals surface area contributed by atoms with Crippen LogP contribution in [0.1, 0.15) is 13.8 Å². The number of carboxylic acid groups (broad SMARTS) is 1. The van der Waals surface area contributed by atoms with Crippen molar-refractivity contribution in [2.75, 3.05) is 0 Å². The summed E-state index contributed by atoms with van der Waals surface area (Å²) in [5, 5.41) is 8.95. The minimum atomic E-state index is -3.87. The van der Waals surface area contributed by atoms with Crippen molar-refractivity contribution in [3.63, 3.8) is 0 Å². The first kappa shape index (κ1) is 14.8. The van der Waals surface area contributed by atoms with E-state index in [9.17, 15) is 13.2 Å². The lowest BCUT2D eigenvalue weighted by Gasteiger charge is -2.19. The van der Waals surface area contributed by atoms with E-state index in [1.165, 1.54) is 34.9 Å². The highest BCUT2D eigenvalue weighted by Gasteiger charge is 2.42. The van der Waals surface area contributed by atoms with Crippen LogP contribution in [0.2, 0.25) is 0 Å². The molecule has 1 N–H and O–H groups in total. The molecule has 0 saturated carbocycles. The summed E-state index contributed by atoms with van der Waals surface area (Å²) in [5.74, 6) is -1.36. The molecule has 0 amide bonds. The first-order chi connectivity index (χ1) is 7.73. The Morgan fingerprint density at radius 3 is 2.12 bits per heavy atom. The maximum Gasteiger partial charge on any atom is 0.324 e. The van der Waals surface area contributed by atoms with E-state index in [-0.39, 0.29) is 4.90 Å². The van der Waals surface area contributed by atoms with Crippen LogP contribution in [0, 0.1) is 0 Å². The van der Waals surface area contributed by atoms with E-state index < -0.39 is 20.6 Å². The van der Waals surface area contributed by atoms with Gasteiger partial charge >= 0.3 is 5.97 Å². The fourth-order valence-corrected chi connectivity index (χ4v) is 3.51. The van der Waals surface area contributed by atoms with Gasteiger partial charge in [-0.05, 0) is 38.1 Å². The number of sulfone groups is 1. The van der Waals surface area contributed by atoms with Gasteiger partial charge in [-0.3, -0.25) is 4.79 Å². The normalized spacial score (nSPS) is 12.4. The molecule has 0 fully saturated rings. The number of hydrogen-bond acceptors (Lipinski definition) is 4. The molecule has 0 bridgehead atoms. The van der Waals surface area contributed by atoms with Gasteiger partial charge in [-0.25, -0.2) is 8.42 Å². The van der Waals surface area contributed by atoms with E-state index in [0.29, 0.717) is 0 Å². The molecule has 0 spiro atoms. The molecule has 7 heteroatoms. The Hall–Kier alpha value is -0.280. The maximum atomic E-state index is 12.1. The van der Waals surface area contributed by atoms with Crippen LogP contribution in [0.3, 0.4) is 0 Å². The molecule has 1 rings (SSSR count). The second kappa shape index (κ2) is 5.15. The minimum absolute atomic E-state index is 0.0269. The third-order valence-corrected chi connectivity index (χ3v) is 6.80. The molecule has 0 aromatic heterocycles. The van der Waals surface area contributed by atoms with E-state index in [0.717, 1.165) is 4.90 Å². The SMILES string of the molecule is CC(C)(C(=O)O)S(=O)(=O)c1ccc(SI)cc1. The molecule has 1 aromatic rings. The first-order valence-corrected chi connectivity index (χ1v) is 9.44. The number of carboxylic acids is 1. The standard InChI is InChI=1S/C10H11IO4S2/c1-10(2,9(12)13)17(14,15)8-5-3-7(16-11)4-6-8/h3-6H,1-2H3,(H,12,13). The van der Waals surface area contributed by atoms with Crippen molar-refractivity contribution >= 4 is 45.9 Å². The van der Waals surface area contributed by atoms with Crippen molar-refractivity contribution in [3.05, 3.63) is 24.3 Å². The van der Waals surface area contributed by atoms with Crippen molar-refractivity contribution < 1.29 is 18.3 Å². The van der Waals surface area contributed by atoms with Gasteiger partial charge in [-0.15, -0.1) is 0 Å². The van der Waals surface area contributed by atoms with Crippen LogP contribution >= 0.6 is 30.1 Å². The van der Waals surface area contributed by atoms with Crippen LogP contribution in [-0.4, -0.2) is 24.2 Å². The summed E-state index contributed by atoms with van der Waals surface area (Å²) in [6.07, 6.45) is 0. The minimum Gasteiger partial charge on any atom is -0.480 e. The van der Waals surface area contributed by atoms with Crippen molar-refractivity contribution in [1.82, 2.24) is 0 Å². The van der Waals surface area contributed by atoms with E-state index in [1.807, 2.05) is 0 Å². The fraction of sp³-hybridized carbons (Fsp3) is 0.300. The van der Waals surface area contributed by atoms with Crippen LogP contribution in [0.25, 0.3) is 0 Å². The lowest BCUT2D eigenvalue weighted by molar-refractivity contribution is -0.139. The van der Waals surface area contributed by atoms with Crippen LogP contribution in [-0.2, 0) is 14.6 Å². The molecule has 0 saturated heterocycles. The van der Waals surface area contributed by atoms with Gasteiger partial charge in [0.2, 0.25) is 0 Å². The molecular weight excluding hydrogens is 375 g/mol. The summed E-state index contributed by atoms with van der Waals surface area (Å²) in [5.41, 5.74) is 0. The molecule has 4 nitrogen and oxygen atoms in total. The predicted molar refractivity (Wildman–Crippen MR) is 75.2 cm³/mol. The molecule has 17 heavy (non-hydrogen) atoms. The summed E-state index contributed by atoms with van der Waals surface area (Å²) in [7, 11) is -2.41. The van der Waals surface area contributed by atoms with Gasteiger partial charge in [0, 0.05) is 26.1 Å². The summed E-state index contributed by atoms with van der Waals surface area (Å²) < 4.78 is 22.4. The van der Waals surface area contributed by atoms with E-state index in [4.69, 9.17) is 5.11 Å². The predicted octanol–water partition coefficient (Wildman–Crippen LogP) is 2.77. The average Bonchev–Trinajstić information content (AvgIpc) is 2.28. The van der Waals surface area contributed by atoms with Gasteiger partial charge in [0.05, 0.1) is 4.90 Å². The van der Waals surface area contributed by atoms with E-state index in [1.54, 1.807) is 12.1 Å². The Balaban J connectivity index is 3.27. The Morgan fingerprint density at radius 2 is 1.76 bits per heavy atom. The largest absolute Gasteiger partial charge is 0.480 e. The highest BCUT2D eigenvalue weighted by Crippen LogP contribution is 2.29. The van der Waals surface area contributed by atoms with Gasteiger partial charge in [0.1, 0.15) is 0 Å². The Labute approximate surface area is 116 Å². The Kier molecular flexibility index (Phi) is 4.48. The van der Waals surface area contributed by atoms with E-state index in [2.05, 4.69) is 21.2 Å². The second-order valence-corrected chi connectivity index (χ2v) is 8.31. The Bertz CT molecular complexity index is 520. The third kappa shape index (κ3) is 2.76. The van der Waals surface area contributed by atoms with Crippen molar-refractivity contribution in [3.8, 4) is 0 Å². The number of carbonyl (C=O) groups is 1. The molecule has 0 atom stereocenters. The topological polar surface area (TPSA) is 71.4 Å². The highest BCUT2D eigenvalue weighted by molar-refractivity contribution is 14.2. The zero-order valence-corrected chi connectivity index (χ0v) is 13.0. The molecule has 1 aromatic carbocycles. The summed E-state index contributed by atoms with van der Waals surface area (Å²) >= 11 is 2.09. The monoisotopic (exact) mass is 386 g/mol. The highest BCUT2D eigenvalue weighted by atomic mass is 127. The number of rotatable bonds is 4. The van der Waals surface area contributed by atoms with Crippen molar-refractivity contribution in [2.45, 2.75) is 28.4 Å². The molecule has 0 aliphatic rings.